The third-order valence-electron chi connectivity index (χ3n) is 3.29. The van der Waals surface area contributed by atoms with Crippen LogP contribution in [0.5, 0.6) is 0 Å². The normalized spacial score (nSPS) is 10.8. The molecule has 4 heteroatoms. The molecule has 2 aromatic carbocycles. The van der Waals surface area contributed by atoms with Gasteiger partial charge in [-0.05, 0) is 48.0 Å². The number of rotatable bonds is 2. The predicted molar refractivity (Wildman–Crippen MR) is 88.9 cm³/mol. The van der Waals surface area contributed by atoms with Gasteiger partial charge in [0.2, 0.25) is 0 Å². The van der Waals surface area contributed by atoms with E-state index in [4.69, 9.17) is 23.2 Å². The number of benzene rings is 2. The summed E-state index contributed by atoms with van der Waals surface area (Å²) in [5.74, 6) is 0.0175. The molecule has 1 N–H and O–H groups in total. The van der Waals surface area contributed by atoms with E-state index in [0.717, 1.165) is 22.0 Å². The van der Waals surface area contributed by atoms with Crippen molar-refractivity contribution in [3.63, 3.8) is 0 Å². The summed E-state index contributed by atoms with van der Waals surface area (Å²) in [6.07, 6.45) is 1.72. The molecule has 0 aliphatic rings. The van der Waals surface area contributed by atoms with Crippen LogP contribution in [0.25, 0.3) is 27.8 Å². The average Bonchev–Trinajstić information content (AvgIpc) is 2.48. The Hall–Kier alpha value is -2.03. The van der Waals surface area contributed by atoms with Crippen molar-refractivity contribution in [3.8, 4) is 11.1 Å². The molecule has 0 radical (unpaired) electrons. The van der Waals surface area contributed by atoms with Gasteiger partial charge in [0.05, 0.1) is 5.52 Å². The van der Waals surface area contributed by atoms with Crippen molar-refractivity contribution in [2.24, 2.45) is 0 Å². The Morgan fingerprint density at radius 2 is 1.81 bits per heavy atom. The second-order valence-electron chi connectivity index (χ2n) is 4.66. The average molecular weight is 316 g/mol. The molecule has 1 aromatic heterocycles. The SMILES string of the molecule is C=C(O)c1ccc2nccc(-c3cc(Cl)ccc3Cl)c2c1. The summed E-state index contributed by atoms with van der Waals surface area (Å²) < 4.78 is 0. The lowest BCUT2D eigenvalue weighted by atomic mass is 9.99. The van der Waals surface area contributed by atoms with Crippen LogP contribution in [0.2, 0.25) is 10.0 Å². The van der Waals surface area contributed by atoms with Gasteiger partial charge in [0, 0.05) is 32.8 Å². The molecule has 0 spiro atoms. The van der Waals surface area contributed by atoms with Crippen LogP contribution in [0.15, 0.2) is 55.2 Å². The van der Waals surface area contributed by atoms with Crippen LogP contribution in [0, 0.1) is 0 Å². The van der Waals surface area contributed by atoms with Gasteiger partial charge >= 0.3 is 0 Å². The van der Waals surface area contributed by atoms with Crippen LogP contribution in [-0.2, 0) is 0 Å². The fourth-order valence-electron chi connectivity index (χ4n) is 2.26. The minimum absolute atomic E-state index is 0.0175. The molecule has 0 saturated carbocycles. The second-order valence-corrected chi connectivity index (χ2v) is 5.50. The highest BCUT2D eigenvalue weighted by Crippen LogP contribution is 2.35. The first-order valence-corrected chi connectivity index (χ1v) is 7.04. The molecular formula is C17H11Cl2NO. The summed E-state index contributed by atoms with van der Waals surface area (Å²) in [6.45, 7) is 3.55. The number of hydrogen-bond donors (Lipinski definition) is 1. The standard InChI is InChI=1S/C17H11Cl2NO/c1-10(21)11-2-5-17-15(8-11)13(6-7-20-17)14-9-12(18)3-4-16(14)19/h2-9,21H,1H2. The van der Waals surface area contributed by atoms with Gasteiger partial charge in [0.25, 0.3) is 0 Å². The Labute approximate surface area is 132 Å². The van der Waals surface area contributed by atoms with E-state index in [9.17, 15) is 5.11 Å². The van der Waals surface area contributed by atoms with Crippen LogP contribution in [0.1, 0.15) is 5.56 Å². The summed E-state index contributed by atoms with van der Waals surface area (Å²) in [5.41, 5.74) is 3.20. The molecule has 0 amide bonds. The topological polar surface area (TPSA) is 33.1 Å². The number of halogens is 2. The van der Waals surface area contributed by atoms with Crippen LogP contribution >= 0.6 is 23.2 Å². The van der Waals surface area contributed by atoms with Crippen LogP contribution in [-0.4, -0.2) is 10.1 Å². The number of aliphatic hydroxyl groups excluding tert-OH is 1. The molecule has 0 aliphatic carbocycles. The highest BCUT2D eigenvalue weighted by molar-refractivity contribution is 6.35. The summed E-state index contributed by atoms with van der Waals surface area (Å²) >= 11 is 12.4. The van der Waals surface area contributed by atoms with Gasteiger partial charge in [-0.15, -0.1) is 0 Å². The van der Waals surface area contributed by atoms with Gasteiger partial charge in [-0.1, -0.05) is 29.8 Å². The fraction of sp³-hybridized carbons (Fsp3) is 0. The Bertz CT molecular complexity index is 859. The number of pyridine rings is 1. The Morgan fingerprint density at radius 1 is 1.00 bits per heavy atom. The van der Waals surface area contributed by atoms with Crippen LogP contribution < -0.4 is 0 Å². The first-order valence-electron chi connectivity index (χ1n) is 6.29. The lowest BCUT2D eigenvalue weighted by molar-refractivity contribution is 0.514. The molecule has 3 aromatic rings. The van der Waals surface area contributed by atoms with Crippen molar-refractivity contribution in [1.29, 1.82) is 0 Å². The third-order valence-corrected chi connectivity index (χ3v) is 3.86. The number of aromatic nitrogens is 1. The largest absolute Gasteiger partial charge is 0.508 e. The van der Waals surface area contributed by atoms with Crippen molar-refractivity contribution in [2.75, 3.05) is 0 Å². The van der Waals surface area contributed by atoms with Crippen LogP contribution in [0.3, 0.4) is 0 Å². The van der Waals surface area contributed by atoms with E-state index >= 15 is 0 Å². The van der Waals surface area contributed by atoms with Crippen molar-refractivity contribution >= 4 is 39.9 Å². The van der Waals surface area contributed by atoms with Crippen molar-refractivity contribution in [2.45, 2.75) is 0 Å². The van der Waals surface area contributed by atoms with E-state index in [2.05, 4.69) is 11.6 Å². The molecule has 3 rings (SSSR count). The maximum absolute atomic E-state index is 9.58. The van der Waals surface area contributed by atoms with Crippen molar-refractivity contribution in [1.82, 2.24) is 4.98 Å². The molecule has 104 valence electrons. The van der Waals surface area contributed by atoms with E-state index in [-0.39, 0.29) is 5.76 Å². The monoisotopic (exact) mass is 315 g/mol. The molecule has 0 bridgehead atoms. The second kappa shape index (κ2) is 5.40. The molecular weight excluding hydrogens is 305 g/mol. The van der Waals surface area contributed by atoms with Gasteiger partial charge in [-0.3, -0.25) is 4.98 Å². The number of nitrogens with zero attached hydrogens (tertiary/aromatic N) is 1. The summed E-state index contributed by atoms with van der Waals surface area (Å²) in [7, 11) is 0. The molecule has 2 nitrogen and oxygen atoms in total. The van der Waals surface area contributed by atoms with E-state index < -0.39 is 0 Å². The lowest BCUT2D eigenvalue weighted by Gasteiger charge is -2.10. The van der Waals surface area contributed by atoms with Gasteiger partial charge < -0.3 is 5.11 Å². The maximum atomic E-state index is 9.58. The molecule has 1 heterocycles. The number of hydrogen-bond acceptors (Lipinski definition) is 2. The summed E-state index contributed by atoms with van der Waals surface area (Å²) in [6, 6.07) is 12.7. The zero-order valence-electron chi connectivity index (χ0n) is 11.0. The highest BCUT2D eigenvalue weighted by Gasteiger charge is 2.10. The fourth-order valence-corrected chi connectivity index (χ4v) is 2.66. The molecule has 0 saturated heterocycles. The van der Waals surface area contributed by atoms with Gasteiger partial charge in [-0.2, -0.15) is 0 Å². The first-order chi connectivity index (χ1) is 10.1. The molecule has 0 fully saturated rings. The van der Waals surface area contributed by atoms with E-state index in [1.54, 1.807) is 24.4 Å². The molecule has 0 aliphatic heterocycles. The quantitative estimate of drug-likeness (QED) is 0.612. The van der Waals surface area contributed by atoms with Crippen LogP contribution in [0.4, 0.5) is 0 Å². The summed E-state index contributed by atoms with van der Waals surface area (Å²) in [5, 5.41) is 11.7. The Balaban J connectivity index is 2.34. The van der Waals surface area contributed by atoms with E-state index in [1.807, 2.05) is 24.3 Å². The molecule has 0 atom stereocenters. The maximum Gasteiger partial charge on any atom is 0.115 e. The first kappa shape index (κ1) is 13.9. The predicted octanol–water partition coefficient (Wildman–Crippen LogP) is 5.74. The number of fused-ring (bicyclic) bond motifs is 1. The zero-order chi connectivity index (χ0) is 15.0. The van der Waals surface area contributed by atoms with Crippen molar-refractivity contribution < 1.29 is 5.11 Å². The highest BCUT2D eigenvalue weighted by atomic mass is 35.5. The zero-order valence-corrected chi connectivity index (χ0v) is 12.5. The third kappa shape index (κ3) is 2.60. The number of aliphatic hydroxyl groups is 1. The van der Waals surface area contributed by atoms with Gasteiger partial charge in [-0.25, -0.2) is 0 Å². The Kier molecular flexibility index (Phi) is 3.58. The van der Waals surface area contributed by atoms with Gasteiger partial charge in [0.1, 0.15) is 5.76 Å². The van der Waals surface area contributed by atoms with Gasteiger partial charge in [0.15, 0.2) is 0 Å². The molecule has 21 heavy (non-hydrogen) atoms. The Morgan fingerprint density at radius 3 is 2.57 bits per heavy atom. The van der Waals surface area contributed by atoms with E-state index in [1.165, 1.54) is 0 Å². The lowest BCUT2D eigenvalue weighted by Crippen LogP contribution is -1.88. The smallest absolute Gasteiger partial charge is 0.115 e. The van der Waals surface area contributed by atoms with Crippen molar-refractivity contribution in [3.05, 3.63) is 70.8 Å². The minimum Gasteiger partial charge on any atom is -0.508 e. The van der Waals surface area contributed by atoms with E-state index in [0.29, 0.717) is 15.6 Å². The molecule has 0 unspecified atom stereocenters. The minimum atomic E-state index is 0.0175. The summed E-state index contributed by atoms with van der Waals surface area (Å²) in [4.78, 5) is 4.33.